The van der Waals surface area contributed by atoms with E-state index in [4.69, 9.17) is 22.4 Å². The topological polar surface area (TPSA) is 92.4 Å². The zero-order valence-electron chi connectivity index (χ0n) is 9.88. The van der Waals surface area contributed by atoms with Gasteiger partial charge in [-0.3, -0.25) is 0 Å². The Morgan fingerprint density at radius 2 is 2.00 bits per heavy atom. The molecule has 0 saturated heterocycles. The fraction of sp³-hybridized carbons (Fsp3) is 0.333. The number of halogens is 6. The van der Waals surface area contributed by atoms with E-state index in [-0.39, 0.29) is 9.50 Å². The summed E-state index contributed by atoms with van der Waals surface area (Å²) in [5.74, 6) is -1.37. The zero-order valence-corrected chi connectivity index (χ0v) is 13.0. The van der Waals surface area contributed by atoms with Gasteiger partial charge in [0.25, 0.3) is 0 Å². The van der Waals surface area contributed by atoms with Crippen LogP contribution in [0.4, 0.5) is 23.2 Å². The predicted molar refractivity (Wildman–Crippen MR) is 70.8 cm³/mol. The first-order valence-corrected chi connectivity index (χ1v) is 7.70. The molecule has 1 aromatic carbocycles. The van der Waals surface area contributed by atoms with Crippen LogP contribution >= 0.6 is 27.5 Å². The Labute approximate surface area is 130 Å². The van der Waals surface area contributed by atoms with Crippen LogP contribution in [-0.4, -0.2) is 32.3 Å². The van der Waals surface area contributed by atoms with Crippen LogP contribution in [0.3, 0.4) is 0 Å². The van der Waals surface area contributed by atoms with Crippen molar-refractivity contribution in [2.24, 2.45) is 0 Å². The fourth-order valence-corrected chi connectivity index (χ4v) is 2.89. The lowest BCUT2D eigenvalue weighted by atomic mass is 10.3. The summed E-state index contributed by atoms with van der Waals surface area (Å²) in [6, 6.07) is 0.680. The van der Waals surface area contributed by atoms with Crippen LogP contribution in [-0.2, 0) is 10.0 Å². The molecule has 1 aromatic rings. The number of aliphatic hydroxyl groups is 1. The second kappa shape index (κ2) is 6.24. The number of hydrogen-bond donors (Lipinski definition) is 3. The van der Waals surface area contributed by atoms with Crippen molar-refractivity contribution in [3.63, 3.8) is 0 Å². The third kappa shape index (κ3) is 4.19. The Hall–Kier alpha value is -0.620. The monoisotopic (exact) mass is 414 g/mol. The first-order valence-electron chi connectivity index (χ1n) is 5.05. The molecular weight excluding hydrogens is 408 g/mol. The minimum atomic E-state index is -5.02. The standard InChI is InChI=1S/C9H8BrClF4N2O3S/c10-6-3(11)1-4(7(12)8(6)16)21(19,20)17-2-5(18)9(13,14)15/h1,5,17-18H,2,16H2. The largest absolute Gasteiger partial charge is 0.415 e. The molecule has 4 N–H and O–H groups in total. The molecule has 0 aliphatic heterocycles. The molecular formula is C9H8BrClF4N2O3S. The molecule has 1 rings (SSSR count). The number of nitrogens with two attached hydrogens (primary N) is 1. The van der Waals surface area contributed by atoms with Crippen LogP contribution in [0.2, 0.25) is 5.02 Å². The van der Waals surface area contributed by atoms with Crippen LogP contribution in [0.15, 0.2) is 15.4 Å². The molecule has 0 fully saturated rings. The maximum absolute atomic E-state index is 13.8. The molecule has 1 unspecified atom stereocenters. The zero-order chi connectivity index (χ0) is 16.6. The van der Waals surface area contributed by atoms with Gasteiger partial charge in [-0.15, -0.1) is 0 Å². The smallest absolute Gasteiger partial charge is 0.395 e. The first kappa shape index (κ1) is 18.4. The van der Waals surface area contributed by atoms with E-state index in [0.717, 1.165) is 0 Å². The second-order valence-electron chi connectivity index (χ2n) is 3.81. The average Bonchev–Trinajstić information content (AvgIpc) is 2.36. The first-order chi connectivity index (χ1) is 9.38. The molecule has 0 aromatic heterocycles. The molecule has 21 heavy (non-hydrogen) atoms. The van der Waals surface area contributed by atoms with E-state index < -0.39 is 45.2 Å². The van der Waals surface area contributed by atoms with E-state index in [1.807, 2.05) is 0 Å². The van der Waals surface area contributed by atoms with Crippen molar-refractivity contribution in [1.82, 2.24) is 4.72 Å². The summed E-state index contributed by atoms with van der Waals surface area (Å²) in [6.07, 6.45) is -7.95. The van der Waals surface area contributed by atoms with E-state index in [1.165, 1.54) is 4.72 Å². The molecule has 120 valence electrons. The summed E-state index contributed by atoms with van der Waals surface area (Å²) in [5, 5.41) is 8.47. The van der Waals surface area contributed by atoms with E-state index in [1.54, 1.807) is 0 Å². The van der Waals surface area contributed by atoms with Crippen molar-refractivity contribution in [2.75, 3.05) is 12.3 Å². The molecule has 12 heteroatoms. The lowest BCUT2D eigenvalue weighted by Crippen LogP contribution is -2.40. The number of nitrogens with one attached hydrogen (secondary N) is 1. The Balaban J connectivity index is 3.10. The maximum atomic E-state index is 13.8. The van der Waals surface area contributed by atoms with Crippen molar-refractivity contribution in [3.8, 4) is 0 Å². The van der Waals surface area contributed by atoms with E-state index in [9.17, 15) is 26.0 Å². The molecule has 1 atom stereocenters. The molecule has 5 nitrogen and oxygen atoms in total. The van der Waals surface area contributed by atoms with Crippen LogP contribution < -0.4 is 10.5 Å². The highest BCUT2D eigenvalue weighted by Gasteiger charge is 2.39. The molecule has 0 radical (unpaired) electrons. The van der Waals surface area contributed by atoms with Gasteiger partial charge in [0.05, 0.1) is 15.2 Å². The van der Waals surface area contributed by atoms with Crippen LogP contribution in [0.25, 0.3) is 0 Å². The fourth-order valence-electron chi connectivity index (χ4n) is 1.18. The molecule has 0 aliphatic rings. The summed E-state index contributed by atoms with van der Waals surface area (Å²) in [7, 11) is -4.68. The van der Waals surface area contributed by atoms with Gasteiger partial charge in [0.2, 0.25) is 10.0 Å². The SMILES string of the molecule is Nc1c(F)c(S(=O)(=O)NCC(O)C(F)(F)F)cc(Cl)c1Br. The molecule has 0 saturated carbocycles. The van der Waals surface area contributed by atoms with Crippen molar-refractivity contribution < 1.29 is 31.1 Å². The van der Waals surface area contributed by atoms with Gasteiger partial charge in [-0.1, -0.05) is 11.6 Å². The van der Waals surface area contributed by atoms with Crippen LogP contribution in [0.1, 0.15) is 0 Å². The van der Waals surface area contributed by atoms with Crippen LogP contribution in [0.5, 0.6) is 0 Å². The molecule has 0 bridgehead atoms. The number of hydrogen-bond acceptors (Lipinski definition) is 4. The quantitative estimate of drug-likeness (QED) is 0.399. The Morgan fingerprint density at radius 3 is 2.48 bits per heavy atom. The normalized spacial score (nSPS) is 14.2. The number of rotatable bonds is 4. The highest BCUT2D eigenvalue weighted by atomic mass is 79.9. The molecule has 0 aliphatic carbocycles. The summed E-state index contributed by atoms with van der Waals surface area (Å²) in [4.78, 5) is -1.03. The Bertz CT molecular complexity index is 653. The van der Waals surface area contributed by atoms with Gasteiger partial charge in [-0.25, -0.2) is 17.5 Å². The summed E-state index contributed by atoms with van der Waals surface area (Å²) >= 11 is 8.44. The highest BCUT2D eigenvalue weighted by Crippen LogP contribution is 2.34. The Kier molecular flexibility index (Phi) is 5.48. The minimum absolute atomic E-state index is 0.0871. The maximum Gasteiger partial charge on any atom is 0.415 e. The molecule has 0 heterocycles. The third-order valence-corrected chi connectivity index (χ3v) is 5.09. The summed E-state index contributed by atoms with van der Waals surface area (Å²) < 4.78 is 74.8. The number of nitrogen functional groups attached to an aromatic ring is 1. The van der Waals surface area contributed by atoms with E-state index in [2.05, 4.69) is 15.9 Å². The molecule has 0 spiro atoms. The minimum Gasteiger partial charge on any atom is -0.395 e. The Morgan fingerprint density at radius 1 is 1.48 bits per heavy atom. The third-order valence-electron chi connectivity index (χ3n) is 2.29. The van der Waals surface area contributed by atoms with Gasteiger partial charge in [0.15, 0.2) is 11.9 Å². The number of sulfonamides is 1. The lowest BCUT2D eigenvalue weighted by molar-refractivity contribution is -0.200. The van der Waals surface area contributed by atoms with Crippen LogP contribution in [0, 0.1) is 5.82 Å². The predicted octanol–water partition coefficient (Wildman–Crippen LogP) is 2.03. The van der Waals surface area contributed by atoms with Gasteiger partial charge >= 0.3 is 6.18 Å². The van der Waals surface area contributed by atoms with Gasteiger partial charge < -0.3 is 10.8 Å². The highest BCUT2D eigenvalue weighted by molar-refractivity contribution is 9.10. The van der Waals surface area contributed by atoms with Gasteiger partial charge in [-0.2, -0.15) is 13.2 Å². The van der Waals surface area contributed by atoms with Gasteiger partial charge in [-0.05, 0) is 22.0 Å². The summed E-state index contributed by atoms with van der Waals surface area (Å²) in [6.45, 7) is -1.38. The summed E-state index contributed by atoms with van der Waals surface area (Å²) in [5.41, 5.74) is 4.67. The van der Waals surface area contributed by atoms with Crippen molar-refractivity contribution in [2.45, 2.75) is 17.2 Å². The number of alkyl halides is 3. The molecule has 0 amide bonds. The lowest BCUT2D eigenvalue weighted by Gasteiger charge is -2.16. The number of benzene rings is 1. The van der Waals surface area contributed by atoms with Crippen molar-refractivity contribution in [3.05, 3.63) is 21.4 Å². The van der Waals surface area contributed by atoms with E-state index >= 15 is 0 Å². The second-order valence-corrected chi connectivity index (χ2v) is 6.74. The van der Waals surface area contributed by atoms with Gasteiger partial charge in [0.1, 0.15) is 4.90 Å². The van der Waals surface area contributed by atoms with Gasteiger partial charge in [0, 0.05) is 6.54 Å². The number of anilines is 1. The van der Waals surface area contributed by atoms with Crippen molar-refractivity contribution in [1.29, 1.82) is 0 Å². The van der Waals surface area contributed by atoms with E-state index in [0.29, 0.717) is 6.07 Å². The van der Waals surface area contributed by atoms with Crippen molar-refractivity contribution >= 4 is 43.2 Å². The average molecular weight is 416 g/mol. The number of aliphatic hydroxyl groups excluding tert-OH is 1.